The van der Waals surface area contributed by atoms with Crippen molar-refractivity contribution in [3.63, 3.8) is 0 Å². The summed E-state index contributed by atoms with van der Waals surface area (Å²) in [7, 11) is 0. The first-order valence-corrected chi connectivity index (χ1v) is 12.9. The van der Waals surface area contributed by atoms with E-state index in [0.29, 0.717) is 30.3 Å². The molecule has 2 aromatic rings. The number of piperidine rings is 4. The van der Waals surface area contributed by atoms with Crippen LogP contribution in [0.1, 0.15) is 30.9 Å². The van der Waals surface area contributed by atoms with Crippen LogP contribution in [0.3, 0.4) is 0 Å². The first-order chi connectivity index (χ1) is 16.6. The van der Waals surface area contributed by atoms with Crippen molar-refractivity contribution >= 4 is 11.7 Å². The van der Waals surface area contributed by atoms with Gasteiger partial charge in [0.25, 0.3) is 5.56 Å². The summed E-state index contributed by atoms with van der Waals surface area (Å²) in [5.41, 5.74) is 2.22. The molecular weight excluding hydrogens is 426 g/mol. The number of fused-ring (bicyclic) bond motifs is 7. The van der Waals surface area contributed by atoms with Crippen LogP contribution in [0.25, 0.3) is 0 Å². The maximum atomic E-state index is 12.3. The molecule has 5 aliphatic rings. The normalized spacial score (nSPS) is 32.1. The minimum Gasteiger partial charge on any atom is -0.336 e. The molecule has 0 spiro atoms. The monoisotopic (exact) mass is 461 g/mol. The van der Waals surface area contributed by atoms with Gasteiger partial charge in [0, 0.05) is 68.7 Å². The Morgan fingerprint density at radius 1 is 0.971 bits per heavy atom. The molecule has 180 valence electrons. The third-order valence-electron chi connectivity index (χ3n) is 8.59. The molecule has 4 bridgehead atoms. The van der Waals surface area contributed by atoms with Gasteiger partial charge in [-0.05, 0) is 61.8 Å². The Hall–Kier alpha value is -2.64. The zero-order valence-electron chi connectivity index (χ0n) is 19.7. The lowest BCUT2D eigenvalue weighted by molar-refractivity contribution is -0.0192. The van der Waals surface area contributed by atoms with E-state index in [1.165, 1.54) is 31.5 Å². The lowest BCUT2D eigenvalue weighted by Crippen LogP contribution is -2.59. The minimum atomic E-state index is -0.121. The van der Waals surface area contributed by atoms with E-state index in [1.54, 1.807) is 6.07 Å². The van der Waals surface area contributed by atoms with Gasteiger partial charge >= 0.3 is 6.03 Å². The summed E-state index contributed by atoms with van der Waals surface area (Å²) in [5, 5.41) is 6.01. The van der Waals surface area contributed by atoms with E-state index < -0.39 is 0 Å². The van der Waals surface area contributed by atoms with Crippen LogP contribution in [0.15, 0.2) is 53.3 Å². The fraction of sp³-hybridized carbons (Fsp3) is 0.556. The minimum absolute atomic E-state index is 0.121. The molecule has 6 heterocycles. The van der Waals surface area contributed by atoms with Gasteiger partial charge in [-0.2, -0.15) is 0 Å². The number of nitrogens with zero attached hydrogens (tertiary/aromatic N) is 3. The Balaban J connectivity index is 1.02. The van der Waals surface area contributed by atoms with Gasteiger partial charge in [0.2, 0.25) is 0 Å². The molecule has 2 amide bonds. The van der Waals surface area contributed by atoms with Gasteiger partial charge in [-0.3, -0.25) is 9.69 Å². The van der Waals surface area contributed by atoms with Crippen LogP contribution in [-0.2, 0) is 6.54 Å². The summed E-state index contributed by atoms with van der Waals surface area (Å²) in [6.07, 6.45) is 3.67. The molecule has 0 saturated carbocycles. The van der Waals surface area contributed by atoms with Crippen LogP contribution in [0, 0.1) is 17.8 Å². The van der Waals surface area contributed by atoms with E-state index in [-0.39, 0.29) is 11.6 Å². The van der Waals surface area contributed by atoms with Crippen molar-refractivity contribution in [1.29, 1.82) is 0 Å². The van der Waals surface area contributed by atoms with E-state index in [9.17, 15) is 9.59 Å². The quantitative estimate of drug-likeness (QED) is 0.719. The largest absolute Gasteiger partial charge is 0.336 e. The zero-order chi connectivity index (χ0) is 23.1. The number of pyridine rings is 1. The second-order valence-electron chi connectivity index (χ2n) is 10.8. The molecule has 1 aromatic heterocycles. The predicted molar refractivity (Wildman–Crippen MR) is 133 cm³/mol. The van der Waals surface area contributed by atoms with Crippen molar-refractivity contribution in [3.05, 3.63) is 64.6 Å². The number of aromatic nitrogens is 1. The fourth-order valence-electron chi connectivity index (χ4n) is 7.05. The Morgan fingerprint density at radius 2 is 1.85 bits per heavy atom. The Bertz CT molecular complexity index is 1090. The third kappa shape index (κ3) is 4.39. The van der Waals surface area contributed by atoms with Crippen molar-refractivity contribution < 1.29 is 4.79 Å². The summed E-state index contributed by atoms with van der Waals surface area (Å²) >= 11 is 0. The average Bonchev–Trinajstić information content (AvgIpc) is 2.85. The SMILES string of the molecule is O=C(NCC1CC2CCN1CC2CN1CC2CC(C1)c1cccc(=O)n1C2)Nc1ccccc1. The molecule has 0 radical (unpaired) electrons. The molecule has 2 N–H and O–H groups in total. The van der Waals surface area contributed by atoms with E-state index >= 15 is 0 Å². The highest BCUT2D eigenvalue weighted by molar-refractivity contribution is 5.89. The summed E-state index contributed by atoms with van der Waals surface area (Å²) in [4.78, 5) is 29.9. The first-order valence-electron chi connectivity index (χ1n) is 12.9. The van der Waals surface area contributed by atoms with Gasteiger partial charge < -0.3 is 20.1 Å². The number of para-hydroxylation sites is 1. The number of hydrogen-bond acceptors (Lipinski definition) is 4. The molecule has 7 nitrogen and oxygen atoms in total. The highest BCUT2D eigenvalue weighted by Gasteiger charge is 2.42. The van der Waals surface area contributed by atoms with Gasteiger partial charge in [-0.25, -0.2) is 4.79 Å². The maximum absolute atomic E-state index is 12.3. The molecule has 4 fully saturated rings. The van der Waals surface area contributed by atoms with Gasteiger partial charge in [0.05, 0.1) is 0 Å². The standard InChI is InChI=1S/C27H35N5O2/c33-26-8-4-7-25-21-11-19(15-32(25)26)14-30(16-21)17-22-18-31-10-9-20(22)12-24(31)13-28-27(34)29-23-5-2-1-3-6-23/h1-8,19-22,24H,9-18H2,(H2,28,29,34). The molecule has 34 heavy (non-hydrogen) atoms. The number of carbonyl (C=O) groups is 1. The summed E-state index contributed by atoms with van der Waals surface area (Å²) in [6.45, 7) is 7.23. The Labute approximate surface area is 201 Å². The van der Waals surface area contributed by atoms with Crippen molar-refractivity contribution in [3.8, 4) is 0 Å². The highest BCUT2D eigenvalue weighted by atomic mass is 16.2. The second-order valence-corrected chi connectivity index (χ2v) is 10.8. The average molecular weight is 462 g/mol. The van der Waals surface area contributed by atoms with Crippen molar-refractivity contribution in [1.82, 2.24) is 19.7 Å². The fourth-order valence-corrected chi connectivity index (χ4v) is 7.05. The lowest BCUT2D eigenvalue weighted by atomic mass is 9.74. The molecule has 7 rings (SSSR count). The van der Waals surface area contributed by atoms with Crippen LogP contribution in [0.4, 0.5) is 10.5 Å². The smallest absolute Gasteiger partial charge is 0.319 e. The maximum Gasteiger partial charge on any atom is 0.319 e. The van der Waals surface area contributed by atoms with E-state index in [1.807, 2.05) is 41.0 Å². The molecule has 5 aliphatic heterocycles. The number of hydrogen-bond donors (Lipinski definition) is 2. The van der Waals surface area contributed by atoms with Crippen LogP contribution in [0.2, 0.25) is 0 Å². The van der Waals surface area contributed by atoms with E-state index in [2.05, 4.69) is 26.5 Å². The van der Waals surface area contributed by atoms with Crippen molar-refractivity contribution in [2.45, 2.75) is 37.8 Å². The van der Waals surface area contributed by atoms with Gasteiger partial charge in [0.1, 0.15) is 0 Å². The zero-order valence-corrected chi connectivity index (χ0v) is 19.7. The summed E-state index contributed by atoms with van der Waals surface area (Å²) < 4.78 is 2.02. The molecule has 6 unspecified atom stereocenters. The number of amides is 2. The Kier molecular flexibility index (Phi) is 5.91. The third-order valence-corrected chi connectivity index (χ3v) is 8.59. The lowest BCUT2D eigenvalue weighted by Gasteiger charge is -2.52. The highest BCUT2D eigenvalue weighted by Crippen LogP contribution is 2.39. The van der Waals surface area contributed by atoms with E-state index in [0.717, 1.165) is 44.3 Å². The number of nitrogens with one attached hydrogen (secondary N) is 2. The van der Waals surface area contributed by atoms with Gasteiger partial charge in [-0.15, -0.1) is 0 Å². The van der Waals surface area contributed by atoms with Crippen molar-refractivity contribution in [2.75, 3.05) is 44.6 Å². The van der Waals surface area contributed by atoms with Crippen LogP contribution >= 0.6 is 0 Å². The van der Waals surface area contributed by atoms with Crippen LogP contribution in [-0.4, -0.2) is 65.7 Å². The van der Waals surface area contributed by atoms with Crippen molar-refractivity contribution in [2.24, 2.45) is 17.8 Å². The first kappa shape index (κ1) is 21.9. The number of likely N-dealkylation sites (tertiary alicyclic amines) is 1. The second kappa shape index (κ2) is 9.19. The molecule has 7 heteroatoms. The topological polar surface area (TPSA) is 69.6 Å². The molecule has 4 saturated heterocycles. The van der Waals surface area contributed by atoms with Gasteiger partial charge in [-0.1, -0.05) is 24.3 Å². The molecule has 1 aromatic carbocycles. The number of carbonyl (C=O) groups excluding carboxylic acids is 1. The Morgan fingerprint density at radius 3 is 2.68 bits per heavy atom. The predicted octanol–water partition coefficient (Wildman–Crippen LogP) is 2.80. The molecule has 0 aliphatic carbocycles. The summed E-state index contributed by atoms with van der Waals surface area (Å²) in [6, 6.07) is 15.7. The summed E-state index contributed by atoms with van der Waals surface area (Å²) in [5.74, 6) is 2.53. The van der Waals surface area contributed by atoms with Crippen LogP contribution in [0.5, 0.6) is 0 Å². The number of anilines is 1. The molecular formula is C27H35N5O2. The number of rotatable bonds is 5. The number of urea groups is 1. The van der Waals surface area contributed by atoms with Crippen LogP contribution < -0.4 is 16.2 Å². The molecule has 6 atom stereocenters. The van der Waals surface area contributed by atoms with E-state index in [4.69, 9.17) is 0 Å². The number of benzene rings is 1. The van der Waals surface area contributed by atoms with Gasteiger partial charge in [0.15, 0.2) is 0 Å².